The Morgan fingerprint density at radius 2 is 1.92 bits per heavy atom. The number of allylic oxidation sites excluding steroid dienone is 2. The molecule has 0 amide bonds. The van der Waals surface area contributed by atoms with Crippen molar-refractivity contribution in [2.24, 2.45) is 40.4 Å². The standard InChI is InChI=1S/C20H26FNO2/c1-10-8-11-12-4-5-15(23)19(12,2)7-6-13(11)20(3)9-14(21)18(24)17(22)16(10)20/h9-13,16,22H,4-8H2,1-3H3/t10-,11-,12-,13-,16?,19-,20+/m0/s1. The molecule has 0 radical (unpaired) electrons. The van der Waals surface area contributed by atoms with Crippen molar-refractivity contribution in [3.8, 4) is 0 Å². The van der Waals surface area contributed by atoms with Crippen LogP contribution in [0.3, 0.4) is 0 Å². The summed E-state index contributed by atoms with van der Waals surface area (Å²) in [6.07, 6.45) is 5.87. The van der Waals surface area contributed by atoms with E-state index in [1.165, 1.54) is 6.08 Å². The number of hydrogen-bond acceptors (Lipinski definition) is 3. The third kappa shape index (κ3) is 1.80. The molecule has 0 aliphatic heterocycles. The summed E-state index contributed by atoms with van der Waals surface area (Å²) >= 11 is 0. The Labute approximate surface area is 142 Å². The zero-order valence-corrected chi connectivity index (χ0v) is 14.7. The summed E-state index contributed by atoms with van der Waals surface area (Å²) in [5, 5.41) is 8.24. The van der Waals surface area contributed by atoms with Crippen molar-refractivity contribution in [1.29, 1.82) is 5.41 Å². The molecule has 3 fully saturated rings. The van der Waals surface area contributed by atoms with Crippen molar-refractivity contribution in [2.75, 3.05) is 0 Å². The molecular formula is C20H26FNO2. The minimum atomic E-state index is -0.748. The molecule has 4 aliphatic rings. The van der Waals surface area contributed by atoms with Crippen LogP contribution in [0.5, 0.6) is 0 Å². The van der Waals surface area contributed by atoms with E-state index in [4.69, 9.17) is 5.41 Å². The molecule has 4 aliphatic carbocycles. The topological polar surface area (TPSA) is 58.0 Å². The Balaban J connectivity index is 1.79. The first-order chi connectivity index (χ1) is 11.2. The van der Waals surface area contributed by atoms with E-state index >= 15 is 0 Å². The first-order valence-corrected chi connectivity index (χ1v) is 9.25. The normalized spacial score (nSPS) is 50.9. The molecule has 0 spiro atoms. The summed E-state index contributed by atoms with van der Waals surface area (Å²) in [6, 6.07) is 0. The molecule has 3 saturated carbocycles. The van der Waals surface area contributed by atoms with Gasteiger partial charge in [0, 0.05) is 23.2 Å². The van der Waals surface area contributed by atoms with Gasteiger partial charge >= 0.3 is 0 Å². The molecule has 3 nitrogen and oxygen atoms in total. The maximum atomic E-state index is 14.3. The minimum absolute atomic E-state index is 0.0423. The summed E-state index contributed by atoms with van der Waals surface area (Å²) in [5.74, 6) is -0.0333. The third-order valence-corrected chi connectivity index (χ3v) is 8.04. The van der Waals surface area contributed by atoms with Gasteiger partial charge in [-0.05, 0) is 55.4 Å². The van der Waals surface area contributed by atoms with Crippen LogP contribution < -0.4 is 0 Å². The smallest absolute Gasteiger partial charge is 0.234 e. The van der Waals surface area contributed by atoms with E-state index in [2.05, 4.69) is 13.8 Å². The number of nitrogens with one attached hydrogen (secondary N) is 1. The van der Waals surface area contributed by atoms with Gasteiger partial charge in [-0.3, -0.25) is 9.59 Å². The molecule has 0 aromatic rings. The van der Waals surface area contributed by atoms with Gasteiger partial charge in [0.15, 0.2) is 5.83 Å². The van der Waals surface area contributed by atoms with E-state index in [1.54, 1.807) is 0 Å². The maximum Gasteiger partial charge on any atom is 0.234 e. The van der Waals surface area contributed by atoms with Crippen molar-refractivity contribution in [1.82, 2.24) is 0 Å². The number of Topliss-reactive ketones (excluding diaryl/α,β-unsaturated/α-hetero) is 2. The van der Waals surface area contributed by atoms with Crippen LogP contribution in [0.25, 0.3) is 0 Å². The van der Waals surface area contributed by atoms with Crippen LogP contribution in [0, 0.1) is 45.8 Å². The first kappa shape index (κ1) is 16.2. The molecule has 0 saturated heterocycles. The van der Waals surface area contributed by atoms with Crippen molar-refractivity contribution in [3.05, 3.63) is 11.9 Å². The molecule has 0 bridgehead atoms. The van der Waals surface area contributed by atoms with Crippen LogP contribution in [0.15, 0.2) is 11.9 Å². The molecule has 7 atom stereocenters. The van der Waals surface area contributed by atoms with E-state index in [9.17, 15) is 14.0 Å². The van der Waals surface area contributed by atoms with Gasteiger partial charge in [-0.1, -0.05) is 20.8 Å². The van der Waals surface area contributed by atoms with Crippen molar-refractivity contribution >= 4 is 17.3 Å². The van der Waals surface area contributed by atoms with Crippen molar-refractivity contribution in [3.63, 3.8) is 0 Å². The molecule has 0 heterocycles. The summed E-state index contributed by atoms with van der Waals surface area (Å²) in [5.41, 5.74) is -0.714. The Morgan fingerprint density at radius 3 is 2.62 bits per heavy atom. The number of halogens is 1. The lowest BCUT2D eigenvalue weighted by atomic mass is 9.44. The molecular weight excluding hydrogens is 305 g/mol. The second-order valence-electron chi connectivity index (χ2n) is 9.09. The highest BCUT2D eigenvalue weighted by Gasteiger charge is 2.62. The lowest BCUT2D eigenvalue weighted by Crippen LogP contribution is -2.57. The van der Waals surface area contributed by atoms with Gasteiger partial charge in [0.05, 0.1) is 5.71 Å². The summed E-state index contributed by atoms with van der Waals surface area (Å²) < 4.78 is 14.3. The highest BCUT2D eigenvalue weighted by Crippen LogP contribution is 2.65. The van der Waals surface area contributed by atoms with Crippen LogP contribution in [-0.2, 0) is 9.59 Å². The van der Waals surface area contributed by atoms with E-state index in [0.29, 0.717) is 24.0 Å². The second kappa shape index (κ2) is 4.86. The number of carbonyl (C=O) groups excluding carboxylic acids is 2. The fourth-order valence-electron chi connectivity index (χ4n) is 6.97. The predicted octanol–water partition coefficient (Wildman–Crippen LogP) is 4.12. The zero-order chi connectivity index (χ0) is 17.4. The molecule has 4 heteroatoms. The van der Waals surface area contributed by atoms with Gasteiger partial charge < -0.3 is 5.41 Å². The largest absolute Gasteiger partial charge is 0.301 e. The van der Waals surface area contributed by atoms with Crippen LogP contribution >= 0.6 is 0 Å². The maximum absolute atomic E-state index is 14.3. The zero-order valence-electron chi connectivity index (χ0n) is 14.7. The van der Waals surface area contributed by atoms with Crippen molar-refractivity contribution < 1.29 is 14.0 Å². The SMILES string of the molecule is C[C@H]1C[C@@H]2[C@H](CC[C@]3(C)C(=O)CC[C@@H]23)[C@@]2(C)C=C(F)C(=O)C(=N)C12. The average Bonchev–Trinajstić information content (AvgIpc) is 2.80. The fraction of sp³-hybridized carbons (Fsp3) is 0.750. The quantitative estimate of drug-likeness (QED) is 0.726. The van der Waals surface area contributed by atoms with Gasteiger partial charge in [0.1, 0.15) is 5.78 Å². The molecule has 130 valence electrons. The summed E-state index contributed by atoms with van der Waals surface area (Å²) in [4.78, 5) is 24.4. The van der Waals surface area contributed by atoms with Gasteiger partial charge in [-0.2, -0.15) is 0 Å². The van der Waals surface area contributed by atoms with Gasteiger partial charge in [0.25, 0.3) is 0 Å². The van der Waals surface area contributed by atoms with Gasteiger partial charge in [-0.25, -0.2) is 4.39 Å². The predicted molar refractivity (Wildman–Crippen MR) is 89.4 cm³/mol. The van der Waals surface area contributed by atoms with Gasteiger partial charge in [-0.15, -0.1) is 0 Å². The molecule has 24 heavy (non-hydrogen) atoms. The third-order valence-electron chi connectivity index (χ3n) is 8.04. The monoisotopic (exact) mass is 331 g/mol. The van der Waals surface area contributed by atoms with Crippen molar-refractivity contribution in [2.45, 2.75) is 52.9 Å². The molecule has 1 unspecified atom stereocenters. The fourth-order valence-corrected chi connectivity index (χ4v) is 6.97. The molecule has 0 aromatic heterocycles. The van der Waals surface area contributed by atoms with E-state index in [1.807, 2.05) is 6.92 Å². The van der Waals surface area contributed by atoms with Crippen LogP contribution in [0.2, 0.25) is 0 Å². The van der Waals surface area contributed by atoms with E-state index in [-0.39, 0.29) is 28.9 Å². The van der Waals surface area contributed by atoms with E-state index < -0.39 is 17.0 Å². The highest BCUT2D eigenvalue weighted by atomic mass is 19.1. The minimum Gasteiger partial charge on any atom is -0.301 e. The Kier molecular flexibility index (Phi) is 3.27. The highest BCUT2D eigenvalue weighted by molar-refractivity contribution is 6.45. The van der Waals surface area contributed by atoms with Gasteiger partial charge in [0.2, 0.25) is 5.78 Å². The Hall–Kier alpha value is -1.32. The Morgan fingerprint density at radius 1 is 1.21 bits per heavy atom. The number of carbonyl (C=O) groups is 2. The molecule has 4 rings (SSSR count). The summed E-state index contributed by atoms with van der Waals surface area (Å²) in [7, 11) is 0. The average molecular weight is 331 g/mol. The Bertz CT molecular complexity index is 683. The number of hydrogen-bond donors (Lipinski definition) is 1. The first-order valence-electron chi connectivity index (χ1n) is 9.25. The summed E-state index contributed by atoms with van der Waals surface area (Å²) in [6.45, 7) is 6.27. The number of rotatable bonds is 0. The molecule has 0 aromatic carbocycles. The lowest BCUT2D eigenvalue weighted by molar-refractivity contribution is -0.135. The molecule has 1 N–H and O–H groups in total. The van der Waals surface area contributed by atoms with Crippen LogP contribution in [-0.4, -0.2) is 17.3 Å². The number of ketones is 2. The van der Waals surface area contributed by atoms with Crippen LogP contribution in [0.4, 0.5) is 4.39 Å². The lowest BCUT2D eigenvalue weighted by Gasteiger charge is -2.59. The van der Waals surface area contributed by atoms with E-state index in [0.717, 1.165) is 25.7 Å². The second-order valence-corrected chi connectivity index (χ2v) is 9.09. The van der Waals surface area contributed by atoms with Crippen LogP contribution in [0.1, 0.15) is 52.9 Å². The number of fused-ring (bicyclic) bond motifs is 5.